The molecule has 35 heavy (non-hydrogen) atoms. The lowest BCUT2D eigenvalue weighted by atomic mass is 10.0. The number of benzene rings is 1. The highest BCUT2D eigenvalue weighted by atomic mass is 16.1. The molecule has 0 saturated carbocycles. The number of pyridine rings is 2. The predicted molar refractivity (Wildman–Crippen MR) is 132 cm³/mol. The Bertz CT molecular complexity index is 1640. The quantitative estimate of drug-likeness (QED) is 0.424. The number of hydrogen-bond donors (Lipinski definition) is 1. The number of amides is 1. The summed E-state index contributed by atoms with van der Waals surface area (Å²) in [7, 11) is 0. The van der Waals surface area contributed by atoms with Crippen molar-refractivity contribution in [1.29, 1.82) is 5.26 Å². The van der Waals surface area contributed by atoms with Crippen LogP contribution < -0.4 is 5.32 Å². The van der Waals surface area contributed by atoms with Gasteiger partial charge in [0.25, 0.3) is 5.91 Å². The molecule has 1 N–H and O–H groups in total. The van der Waals surface area contributed by atoms with Gasteiger partial charge in [-0.1, -0.05) is 17.7 Å². The number of carbonyl (C=O) groups excluding carboxylic acids is 1. The minimum absolute atomic E-state index is 0.230. The van der Waals surface area contributed by atoms with Crippen LogP contribution in [-0.4, -0.2) is 35.4 Å². The maximum atomic E-state index is 13.2. The standard InChI is InChI=1S/C26H22N8O/c1-15-9-17(3)24-20(10-15)16(2)11-23(31-24)34-25(19(12-27)13-29-34)32-26(35)21-14-30-33(18(21)4)22-7-5-6-8-28-22/h5-11,13-14H,1-4H3,(H,32,35). The van der Waals surface area contributed by atoms with E-state index in [1.54, 1.807) is 17.8 Å². The van der Waals surface area contributed by atoms with Gasteiger partial charge in [0.1, 0.15) is 11.6 Å². The molecule has 1 aromatic carbocycles. The molecule has 0 spiro atoms. The minimum atomic E-state index is -0.410. The van der Waals surface area contributed by atoms with Gasteiger partial charge >= 0.3 is 0 Å². The number of aryl methyl sites for hydroxylation is 3. The molecule has 0 bridgehead atoms. The number of anilines is 1. The molecule has 5 rings (SSSR count). The second-order valence-corrected chi connectivity index (χ2v) is 8.40. The summed E-state index contributed by atoms with van der Waals surface area (Å²) in [4.78, 5) is 22.3. The number of nitrogens with one attached hydrogen (secondary N) is 1. The third-order valence-electron chi connectivity index (χ3n) is 5.90. The molecule has 0 fully saturated rings. The highest BCUT2D eigenvalue weighted by molar-refractivity contribution is 6.05. The average Bonchev–Trinajstić information content (AvgIpc) is 3.43. The van der Waals surface area contributed by atoms with E-state index >= 15 is 0 Å². The molecular formula is C26H22N8O. The third kappa shape index (κ3) is 3.81. The molecule has 0 radical (unpaired) electrons. The molecular weight excluding hydrogens is 440 g/mol. The lowest BCUT2D eigenvalue weighted by Crippen LogP contribution is -2.17. The fraction of sp³-hybridized carbons (Fsp3) is 0.154. The first-order valence-electron chi connectivity index (χ1n) is 11.0. The monoisotopic (exact) mass is 462 g/mol. The number of aromatic nitrogens is 6. The molecule has 172 valence electrons. The Morgan fingerprint density at radius 1 is 0.971 bits per heavy atom. The molecule has 9 nitrogen and oxygen atoms in total. The van der Waals surface area contributed by atoms with E-state index in [4.69, 9.17) is 4.98 Å². The van der Waals surface area contributed by atoms with Crippen molar-refractivity contribution in [3.8, 4) is 17.7 Å². The normalized spacial score (nSPS) is 10.9. The Morgan fingerprint density at radius 3 is 2.51 bits per heavy atom. The Hall–Kier alpha value is -4.84. The lowest BCUT2D eigenvalue weighted by Gasteiger charge is -2.13. The summed E-state index contributed by atoms with van der Waals surface area (Å²) >= 11 is 0. The highest BCUT2D eigenvalue weighted by Gasteiger charge is 2.21. The summed E-state index contributed by atoms with van der Waals surface area (Å²) in [6, 6.07) is 13.6. The third-order valence-corrected chi connectivity index (χ3v) is 5.90. The van der Waals surface area contributed by atoms with Gasteiger partial charge in [0, 0.05) is 11.6 Å². The highest BCUT2D eigenvalue weighted by Crippen LogP contribution is 2.27. The smallest absolute Gasteiger partial charge is 0.260 e. The fourth-order valence-electron chi connectivity index (χ4n) is 4.18. The molecule has 0 aliphatic heterocycles. The lowest BCUT2D eigenvalue weighted by molar-refractivity contribution is 0.102. The van der Waals surface area contributed by atoms with Gasteiger partial charge in [-0.15, -0.1) is 0 Å². The van der Waals surface area contributed by atoms with Crippen LogP contribution in [0.15, 0.2) is 55.0 Å². The first-order chi connectivity index (χ1) is 16.9. The van der Waals surface area contributed by atoms with Crippen molar-refractivity contribution in [3.05, 3.63) is 88.5 Å². The Balaban J connectivity index is 1.55. The zero-order valence-electron chi connectivity index (χ0n) is 19.7. The molecule has 9 heteroatoms. The Labute approximate surface area is 201 Å². The van der Waals surface area contributed by atoms with Gasteiger partial charge < -0.3 is 5.32 Å². The van der Waals surface area contributed by atoms with Crippen molar-refractivity contribution in [3.63, 3.8) is 0 Å². The molecule has 0 unspecified atom stereocenters. The van der Waals surface area contributed by atoms with Crippen LogP contribution in [0.5, 0.6) is 0 Å². The van der Waals surface area contributed by atoms with Gasteiger partial charge in [0.05, 0.1) is 29.2 Å². The predicted octanol–water partition coefficient (Wildman–Crippen LogP) is 4.36. The largest absolute Gasteiger partial charge is 0.305 e. The Kier molecular flexibility index (Phi) is 5.34. The molecule has 4 heterocycles. The van der Waals surface area contributed by atoms with Crippen LogP contribution in [0.1, 0.15) is 38.3 Å². The SMILES string of the molecule is Cc1cc(C)c2nc(-n3ncc(C#N)c3NC(=O)c3cnn(-c4ccccn4)c3C)cc(C)c2c1. The number of carbonyl (C=O) groups is 1. The van der Waals surface area contributed by atoms with Crippen LogP contribution in [0, 0.1) is 39.0 Å². The number of nitriles is 1. The fourth-order valence-corrected chi connectivity index (χ4v) is 4.18. The Morgan fingerprint density at radius 2 is 1.77 bits per heavy atom. The van der Waals surface area contributed by atoms with E-state index < -0.39 is 5.91 Å². The maximum absolute atomic E-state index is 13.2. The van der Waals surface area contributed by atoms with Crippen LogP contribution in [0.25, 0.3) is 22.5 Å². The van der Waals surface area contributed by atoms with Crippen molar-refractivity contribution in [2.75, 3.05) is 5.32 Å². The van der Waals surface area contributed by atoms with Crippen LogP contribution in [0.3, 0.4) is 0 Å². The van der Waals surface area contributed by atoms with Gasteiger partial charge in [-0.2, -0.15) is 20.1 Å². The second-order valence-electron chi connectivity index (χ2n) is 8.40. The van der Waals surface area contributed by atoms with Crippen molar-refractivity contribution in [1.82, 2.24) is 29.5 Å². The molecule has 0 aliphatic rings. The summed E-state index contributed by atoms with van der Waals surface area (Å²) in [5, 5.41) is 22.3. The molecule has 4 aromatic heterocycles. The first kappa shape index (κ1) is 22.0. The van der Waals surface area contributed by atoms with Crippen molar-refractivity contribution in [2.45, 2.75) is 27.7 Å². The van der Waals surface area contributed by atoms with E-state index in [0.717, 1.165) is 27.6 Å². The summed E-state index contributed by atoms with van der Waals surface area (Å²) in [6.07, 6.45) is 4.56. The molecule has 0 atom stereocenters. The molecule has 0 aliphatic carbocycles. The number of nitrogens with zero attached hydrogens (tertiary/aromatic N) is 7. The van der Waals surface area contributed by atoms with Crippen molar-refractivity contribution >= 4 is 22.6 Å². The van der Waals surface area contributed by atoms with Gasteiger partial charge in [-0.3, -0.25) is 4.79 Å². The van der Waals surface area contributed by atoms with Gasteiger partial charge in [0.15, 0.2) is 17.5 Å². The van der Waals surface area contributed by atoms with E-state index in [9.17, 15) is 10.1 Å². The van der Waals surface area contributed by atoms with Crippen molar-refractivity contribution < 1.29 is 4.79 Å². The van der Waals surface area contributed by atoms with Crippen LogP contribution in [0.2, 0.25) is 0 Å². The van der Waals surface area contributed by atoms with Crippen LogP contribution in [0.4, 0.5) is 5.82 Å². The minimum Gasteiger partial charge on any atom is -0.305 e. The van der Waals surface area contributed by atoms with E-state index in [-0.39, 0.29) is 11.4 Å². The first-order valence-corrected chi connectivity index (χ1v) is 11.0. The molecule has 5 aromatic rings. The summed E-state index contributed by atoms with van der Waals surface area (Å²) < 4.78 is 3.08. The summed E-state index contributed by atoms with van der Waals surface area (Å²) in [5.41, 5.74) is 5.29. The topological polar surface area (TPSA) is 114 Å². The summed E-state index contributed by atoms with van der Waals surface area (Å²) in [6.45, 7) is 7.87. The number of hydrogen-bond acceptors (Lipinski definition) is 6. The molecule has 0 saturated heterocycles. The zero-order valence-corrected chi connectivity index (χ0v) is 19.7. The number of rotatable bonds is 4. The van der Waals surface area contributed by atoms with Gasteiger partial charge in [0.2, 0.25) is 0 Å². The molecule has 1 amide bonds. The summed E-state index contributed by atoms with van der Waals surface area (Å²) in [5.74, 6) is 0.957. The average molecular weight is 463 g/mol. The van der Waals surface area contributed by atoms with E-state index in [1.165, 1.54) is 17.1 Å². The van der Waals surface area contributed by atoms with Crippen LogP contribution >= 0.6 is 0 Å². The zero-order chi connectivity index (χ0) is 24.7. The van der Waals surface area contributed by atoms with E-state index in [2.05, 4.69) is 45.6 Å². The van der Waals surface area contributed by atoms with E-state index in [0.29, 0.717) is 22.9 Å². The van der Waals surface area contributed by atoms with Crippen LogP contribution in [-0.2, 0) is 0 Å². The van der Waals surface area contributed by atoms with E-state index in [1.807, 2.05) is 38.1 Å². The number of fused-ring (bicyclic) bond motifs is 1. The second kappa shape index (κ2) is 8.50. The van der Waals surface area contributed by atoms with Gasteiger partial charge in [-0.05, 0) is 63.1 Å². The van der Waals surface area contributed by atoms with Gasteiger partial charge in [-0.25, -0.2) is 14.6 Å². The van der Waals surface area contributed by atoms with Crippen molar-refractivity contribution in [2.24, 2.45) is 0 Å². The maximum Gasteiger partial charge on any atom is 0.260 e.